The summed E-state index contributed by atoms with van der Waals surface area (Å²) < 4.78 is 0. The molecule has 0 aliphatic rings. The second-order valence-corrected chi connectivity index (χ2v) is 4.89. The lowest BCUT2D eigenvalue weighted by Gasteiger charge is -2.14. The van der Waals surface area contributed by atoms with Gasteiger partial charge in [0.1, 0.15) is 0 Å². The predicted molar refractivity (Wildman–Crippen MR) is 76.6 cm³/mol. The number of carbonyl (C=O) groups excluding carboxylic acids is 1. The average Bonchev–Trinajstić information content (AvgIpc) is 2.44. The molecule has 0 spiro atoms. The van der Waals surface area contributed by atoms with Crippen LogP contribution in [0.5, 0.6) is 0 Å². The Kier molecular flexibility index (Phi) is 7.63. The van der Waals surface area contributed by atoms with Gasteiger partial charge in [0.05, 0.1) is 37.7 Å². The second kappa shape index (κ2) is 9.29. The minimum atomic E-state index is -0.359. The lowest BCUT2D eigenvalue weighted by Crippen LogP contribution is -2.24. The summed E-state index contributed by atoms with van der Waals surface area (Å²) in [6.07, 6.45) is 0. The number of aliphatic hydroxyl groups is 2. The maximum atomic E-state index is 10.7. The SMILES string of the molecule is NC(=O)CSc1ccc(N=NN(CCO)CCO)cc1. The molecule has 0 aromatic heterocycles. The van der Waals surface area contributed by atoms with Crippen molar-refractivity contribution in [3.05, 3.63) is 24.3 Å². The molecule has 1 rings (SSSR count). The fourth-order valence-corrected chi connectivity index (χ4v) is 1.95. The third-order valence-corrected chi connectivity index (χ3v) is 3.26. The van der Waals surface area contributed by atoms with Crippen LogP contribution in [-0.4, -0.2) is 53.2 Å². The topological polar surface area (TPSA) is 112 Å². The molecule has 110 valence electrons. The predicted octanol–water partition coefficient (Wildman–Crippen LogP) is 0.549. The van der Waals surface area contributed by atoms with Gasteiger partial charge < -0.3 is 15.9 Å². The van der Waals surface area contributed by atoms with Crippen molar-refractivity contribution in [3.8, 4) is 0 Å². The zero-order valence-electron chi connectivity index (χ0n) is 11.0. The van der Waals surface area contributed by atoms with Crippen molar-refractivity contribution in [2.45, 2.75) is 4.90 Å². The first kappa shape index (κ1) is 16.4. The molecule has 4 N–H and O–H groups in total. The average molecular weight is 298 g/mol. The van der Waals surface area contributed by atoms with Gasteiger partial charge in [-0.15, -0.1) is 16.9 Å². The number of thioether (sulfide) groups is 1. The Morgan fingerprint density at radius 2 is 1.80 bits per heavy atom. The number of carbonyl (C=O) groups is 1. The molecule has 20 heavy (non-hydrogen) atoms. The second-order valence-electron chi connectivity index (χ2n) is 3.84. The van der Waals surface area contributed by atoms with Gasteiger partial charge in [-0.25, -0.2) is 0 Å². The fourth-order valence-electron chi connectivity index (χ4n) is 1.31. The molecule has 0 aliphatic carbocycles. The van der Waals surface area contributed by atoms with E-state index in [0.29, 0.717) is 18.8 Å². The van der Waals surface area contributed by atoms with Gasteiger partial charge >= 0.3 is 0 Å². The van der Waals surface area contributed by atoms with E-state index in [1.54, 1.807) is 12.1 Å². The highest BCUT2D eigenvalue weighted by Gasteiger charge is 2.00. The fraction of sp³-hybridized carbons (Fsp3) is 0.417. The van der Waals surface area contributed by atoms with E-state index in [0.717, 1.165) is 4.90 Å². The van der Waals surface area contributed by atoms with Gasteiger partial charge in [-0.1, -0.05) is 5.22 Å². The normalized spacial score (nSPS) is 10.9. The van der Waals surface area contributed by atoms with Crippen LogP contribution in [0.25, 0.3) is 0 Å². The molecule has 0 radical (unpaired) electrons. The van der Waals surface area contributed by atoms with E-state index in [4.69, 9.17) is 15.9 Å². The quantitative estimate of drug-likeness (QED) is 0.350. The Morgan fingerprint density at radius 1 is 1.20 bits per heavy atom. The number of amides is 1. The summed E-state index contributed by atoms with van der Waals surface area (Å²) in [4.78, 5) is 11.6. The van der Waals surface area contributed by atoms with Crippen LogP contribution >= 0.6 is 11.8 Å². The van der Waals surface area contributed by atoms with E-state index in [9.17, 15) is 4.79 Å². The molecule has 0 saturated carbocycles. The first-order valence-electron chi connectivity index (χ1n) is 6.05. The molecular weight excluding hydrogens is 280 g/mol. The van der Waals surface area contributed by atoms with Crippen molar-refractivity contribution in [2.75, 3.05) is 32.1 Å². The van der Waals surface area contributed by atoms with E-state index >= 15 is 0 Å². The molecule has 1 amide bonds. The lowest BCUT2D eigenvalue weighted by molar-refractivity contribution is -0.115. The number of benzene rings is 1. The number of primary amides is 1. The van der Waals surface area contributed by atoms with Crippen LogP contribution in [0.1, 0.15) is 0 Å². The van der Waals surface area contributed by atoms with Gasteiger partial charge in [0.15, 0.2) is 0 Å². The number of aliphatic hydroxyl groups excluding tert-OH is 2. The summed E-state index contributed by atoms with van der Waals surface area (Å²) in [7, 11) is 0. The third-order valence-electron chi connectivity index (χ3n) is 2.22. The maximum absolute atomic E-state index is 10.7. The smallest absolute Gasteiger partial charge is 0.227 e. The Labute approximate surface area is 121 Å². The summed E-state index contributed by atoms with van der Waals surface area (Å²) in [5.41, 5.74) is 5.72. The summed E-state index contributed by atoms with van der Waals surface area (Å²) >= 11 is 1.35. The van der Waals surface area contributed by atoms with Gasteiger partial charge in [-0.3, -0.25) is 9.80 Å². The van der Waals surface area contributed by atoms with Crippen molar-refractivity contribution in [2.24, 2.45) is 16.1 Å². The largest absolute Gasteiger partial charge is 0.394 e. The molecule has 7 nitrogen and oxygen atoms in total. The van der Waals surface area contributed by atoms with Crippen molar-refractivity contribution >= 4 is 23.4 Å². The van der Waals surface area contributed by atoms with E-state index in [1.165, 1.54) is 16.8 Å². The van der Waals surface area contributed by atoms with Crippen molar-refractivity contribution in [1.29, 1.82) is 0 Å². The highest BCUT2D eigenvalue weighted by Crippen LogP contribution is 2.21. The highest BCUT2D eigenvalue weighted by atomic mass is 32.2. The number of nitrogens with zero attached hydrogens (tertiary/aromatic N) is 3. The Hall–Kier alpha value is -1.64. The van der Waals surface area contributed by atoms with Crippen LogP contribution in [0.15, 0.2) is 39.5 Å². The number of hydrogen-bond donors (Lipinski definition) is 3. The molecule has 0 fully saturated rings. The molecule has 0 atom stereocenters. The third kappa shape index (κ3) is 6.50. The first-order valence-corrected chi connectivity index (χ1v) is 7.03. The molecule has 0 bridgehead atoms. The Balaban J connectivity index is 2.56. The lowest BCUT2D eigenvalue weighted by atomic mass is 10.3. The molecule has 0 heterocycles. The van der Waals surface area contributed by atoms with Crippen LogP contribution in [0, 0.1) is 0 Å². The molecule has 1 aromatic rings. The summed E-state index contributed by atoms with van der Waals surface area (Å²) in [5.74, 6) is -0.121. The number of rotatable bonds is 9. The minimum Gasteiger partial charge on any atom is -0.394 e. The highest BCUT2D eigenvalue weighted by molar-refractivity contribution is 8.00. The van der Waals surface area contributed by atoms with Gasteiger partial charge in [-0.05, 0) is 24.3 Å². The van der Waals surface area contributed by atoms with Gasteiger partial charge in [0.25, 0.3) is 0 Å². The van der Waals surface area contributed by atoms with Gasteiger partial charge in [0.2, 0.25) is 5.91 Å². The molecule has 0 saturated heterocycles. The summed E-state index contributed by atoms with van der Waals surface area (Å²) in [6.45, 7) is 0.524. The van der Waals surface area contributed by atoms with Crippen LogP contribution in [-0.2, 0) is 4.79 Å². The zero-order valence-corrected chi connectivity index (χ0v) is 11.8. The standard InChI is InChI=1S/C12H18N4O3S/c13-12(19)9-20-11-3-1-10(2-4-11)14-15-16(5-7-17)6-8-18/h1-4,17-18H,5-9H2,(H2,13,19). The van der Waals surface area contributed by atoms with Crippen LogP contribution < -0.4 is 5.73 Å². The molecule has 0 unspecified atom stereocenters. The number of hydrogen-bond acceptors (Lipinski definition) is 6. The van der Waals surface area contributed by atoms with E-state index in [1.807, 2.05) is 12.1 Å². The van der Waals surface area contributed by atoms with Crippen molar-refractivity contribution < 1.29 is 15.0 Å². The first-order chi connectivity index (χ1) is 9.65. The Bertz CT molecular complexity index is 433. The van der Waals surface area contributed by atoms with Crippen LogP contribution in [0.2, 0.25) is 0 Å². The van der Waals surface area contributed by atoms with Gasteiger partial charge in [-0.2, -0.15) is 0 Å². The van der Waals surface area contributed by atoms with E-state index in [2.05, 4.69) is 10.3 Å². The van der Waals surface area contributed by atoms with E-state index in [-0.39, 0.29) is 24.9 Å². The van der Waals surface area contributed by atoms with Crippen molar-refractivity contribution in [3.63, 3.8) is 0 Å². The zero-order chi connectivity index (χ0) is 14.8. The number of nitrogens with two attached hydrogens (primary N) is 1. The van der Waals surface area contributed by atoms with Crippen LogP contribution in [0.3, 0.4) is 0 Å². The molecule has 0 aliphatic heterocycles. The molecule has 1 aromatic carbocycles. The Morgan fingerprint density at radius 3 is 2.30 bits per heavy atom. The summed E-state index contributed by atoms with van der Waals surface area (Å²) in [5, 5.41) is 27.1. The molecular formula is C12H18N4O3S. The van der Waals surface area contributed by atoms with Gasteiger partial charge in [0, 0.05) is 4.90 Å². The molecule has 8 heteroatoms. The van der Waals surface area contributed by atoms with E-state index < -0.39 is 0 Å². The monoisotopic (exact) mass is 298 g/mol. The van der Waals surface area contributed by atoms with Crippen LogP contribution in [0.4, 0.5) is 5.69 Å². The summed E-state index contributed by atoms with van der Waals surface area (Å²) in [6, 6.07) is 7.18. The van der Waals surface area contributed by atoms with Crippen molar-refractivity contribution in [1.82, 2.24) is 5.01 Å². The maximum Gasteiger partial charge on any atom is 0.227 e. The minimum absolute atomic E-state index is 0.0539.